The molecule has 0 radical (unpaired) electrons. The lowest BCUT2D eigenvalue weighted by Gasteiger charge is -2.21. The molecule has 0 aromatic carbocycles. The summed E-state index contributed by atoms with van der Waals surface area (Å²) in [5.74, 6) is 0. The fraction of sp³-hybridized carbons (Fsp3) is 0.625. The van der Waals surface area contributed by atoms with Crippen LogP contribution in [0.1, 0.15) is 13.3 Å². The number of rotatable bonds is 3. The van der Waals surface area contributed by atoms with Gasteiger partial charge < -0.3 is 14.3 Å². The molecular weight excluding hydrogens is 144 g/mol. The Bertz CT molecular complexity index is 153. The van der Waals surface area contributed by atoms with Crippen LogP contribution in [0, 0.1) is 0 Å². The maximum Gasteiger partial charge on any atom is 0.177 e. The van der Waals surface area contributed by atoms with E-state index in [1.54, 1.807) is 0 Å². The van der Waals surface area contributed by atoms with Gasteiger partial charge in [-0.3, -0.25) is 0 Å². The summed E-state index contributed by atoms with van der Waals surface area (Å²) in [5, 5.41) is 0. The first kappa shape index (κ1) is 8.43. The van der Waals surface area contributed by atoms with E-state index < -0.39 is 0 Å². The van der Waals surface area contributed by atoms with Gasteiger partial charge in [-0.2, -0.15) is 0 Å². The number of hydrogen-bond donors (Lipinski definition) is 0. The van der Waals surface area contributed by atoms with Gasteiger partial charge in [0.05, 0.1) is 0 Å². The lowest BCUT2D eigenvalue weighted by Crippen LogP contribution is -2.27. The summed E-state index contributed by atoms with van der Waals surface area (Å²) in [6, 6.07) is 0. The molecule has 11 heavy (non-hydrogen) atoms. The predicted octanol–water partition coefficient (Wildman–Crippen LogP) is 0.893. The van der Waals surface area contributed by atoms with Crippen molar-refractivity contribution in [1.82, 2.24) is 0 Å². The van der Waals surface area contributed by atoms with Gasteiger partial charge in [-0.05, 0) is 19.4 Å². The van der Waals surface area contributed by atoms with E-state index >= 15 is 0 Å². The Morgan fingerprint density at radius 1 is 1.82 bits per heavy atom. The monoisotopic (exact) mass is 156 g/mol. The van der Waals surface area contributed by atoms with E-state index in [0.717, 1.165) is 6.29 Å². The van der Waals surface area contributed by atoms with Crippen LogP contribution in [0.4, 0.5) is 0 Å². The summed E-state index contributed by atoms with van der Waals surface area (Å²) >= 11 is 0. The lowest BCUT2D eigenvalue weighted by molar-refractivity contribution is -0.154. The van der Waals surface area contributed by atoms with Crippen LogP contribution >= 0.6 is 0 Å². The Labute approximate surface area is 66.0 Å². The molecule has 0 bridgehead atoms. The molecule has 0 spiro atoms. The Kier molecular flexibility index (Phi) is 3.26. The number of ether oxygens (including phenoxy) is 2. The second-order valence-corrected chi connectivity index (χ2v) is 2.30. The van der Waals surface area contributed by atoms with Crippen LogP contribution < -0.4 is 0 Å². The highest BCUT2D eigenvalue weighted by Crippen LogP contribution is 2.11. The van der Waals surface area contributed by atoms with Crippen molar-refractivity contribution >= 4 is 6.29 Å². The molecule has 3 heteroatoms. The van der Waals surface area contributed by atoms with Crippen molar-refractivity contribution in [2.24, 2.45) is 0 Å². The van der Waals surface area contributed by atoms with E-state index in [1.807, 2.05) is 19.1 Å². The van der Waals surface area contributed by atoms with Gasteiger partial charge in [0.15, 0.2) is 6.29 Å². The highest BCUT2D eigenvalue weighted by molar-refractivity contribution is 5.56. The van der Waals surface area contributed by atoms with Crippen LogP contribution in [0.25, 0.3) is 0 Å². The van der Waals surface area contributed by atoms with Gasteiger partial charge in [0.2, 0.25) is 0 Å². The van der Waals surface area contributed by atoms with E-state index in [0.29, 0.717) is 13.0 Å². The van der Waals surface area contributed by atoms with Crippen molar-refractivity contribution in [1.29, 1.82) is 0 Å². The van der Waals surface area contributed by atoms with E-state index in [9.17, 15) is 4.79 Å². The van der Waals surface area contributed by atoms with Gasteiger partial charge in [-0.1, -0.05) is 6.08 Å². The number of carbonyl (C=O) groups excluding carboxylic acids is 1. The highest BCUT2D eigenvalue weighted by atomic mass is 16.7. The maximum atomic E-state index is 10.3. The van der Waals surface area contributed by atoms with Gasteiger partial charge in [0, 0.05) is 6.61 Å². The Hall–Kier alpha value is -0.670. The average molecular weight is 156 g/mol. The minimum Gasteiger partial charge on any atom is -0.349 e. The molecule has 0 aliphatic carbocycles. The first-order valence-corrected chi connectivity index (χ1v) is 3.76. The molecule has 0 unspecified atom stereocenters. The normalized spacial score (nSPS) is 30.3. The molecule has 0 saturated carbocycles. The average Bonchev–Trinajstić information content (AvgIpc) is 2.06. The third-order valence-electron chi connectivity index (χ3n) is 1.45. The Morgan fingerprint density at radius 3 is 3.27 bits per heavy atom. The molecule has 1 aliphatic rings. The van der Waals surface area contributed by atoms with Gasteiger partial charge in [0.1, 0.15) is 12.4 Å². The van der Waals surface area contributed by atoms with Crippen LogP contribution in [-0.4, -0.2) is 25.3 Å². The molecule has 0 amide bonds. The van der Waals surface area contributed by atoms with E-state index in [2.05, 4.69) is 0 Å². The summed E-state index contributed by atoms with van der Waals surface area (Å²) in [7, 11) is 0. The standard InChI is InChI=1S/C8H12O3/c1-2-10-8-5-3-4-7(6-9)11-8/h3,5-8H,2,4H2,1H3/t7-,8-/m1/s1. The zero-order chi connectivity index (χ0) is 8.10. The predicted molar refractivity (Wildman–Crippen MR) is 40.1 cm³/mol. The van der Waals surface area contributed by atoms with Crippen LogP contribution in [0.5, 0.6) is 0 Å². The van der Waals surface area contributed by atoms with Crippen LogP contribution in [0.15, 0.2) is 12.2 Å². The summed E-state index contributed by atoms with van der Waals surface area (Å²) < 4.78 is 10.3. The summed E-state index contributed by atoms with van der Waals surface area (Å²) in [6.07, 6.45) is 4.54. The molecule has 0 fully saturated rings. The molecule has 0 N–H and O–H groups in total. The van der Waals surface area contributed by atoms with E-state index in [4.69, 9.17) is 9.47 Å². The van der Waals surface area contributed by atoms with Gasteiger partial charge >= 0.3 is 0 Å². The van der Waals surface area contributed by atoms with Crippen molar-refractivity contribution in [2.45, 2.75) is 25.7 Å². The minimum absolute atomic E-state index is 0.323. The highest BCUT2D eigenvalue weighted by Gasteiger charge is 2.16. The quantitative estimate of drug-likeness (QED) is 0.449. The molecule has 1 heterocycles. The lowest BCUT2D eigenvalue weighted by atomic mass is 10.2. The number of aldehydes is 1. The molecular formula is C8H12O3. The van der Waals surface area contributed by atoms with Crippen molar-refractivity contribution in [3.63, 3.8) is 0 Å². The summed E-state index contributed by atoms with van der Waals surface area (Å²) in [4.78, 5) is 10.3. The first-order chi connectivity index (χ1) is 5.36. The zero-order valence-corrected chi connectivity index (χ0v) is 6.53. The molecule has 0 aromatic heterocycles. The van der Waals surface area contributed by atoms with Crippen LogP contribution in [-0.2, 0) is 14.3 Å². The molecule has 1 rings (SSSR count). The van der Waals surface area contributed by atoms with Crippen LogP contribution in [0.3, 0.4) is 0 Å². The SMILES string of the molecule is CCO[C@H]1C=CC[C@H](C=O)O1. The summed E-state index contributed by atoms with van der Waals surface area (Å²) in [5.41, 5.74) is 0. The van der Waals surface area contributed by atoms with Gasteiger partial charge in [-0.25, -0.2) is 0 Å². The molecule has 3 nitrogen and oxygen atoms in total. The zero-order valence-electron chi connectivity index (χ0n) is 6.53. The van der Waals surface area contributed by atoms with Crippen LogP contribution in [0.2, 0.25) is 0 Å². The second-order valence-electron chi connectivity index (χ2n) is 2.30. The van der Waals surface area contributed by atoms with Crippen molar-refractivity contribution in [3.05, 3.63) is 12.2 Å². The van der Waals surface area contributed by atoms with Crippen molar-refractivity contribution in [2.75, 3.05) is 6.61 Å². The van der Waals surface area contributed by atoms with Gasteiger partial charge in [0.25, 0.3) is 0 Å². The van der Waals surface area contributed by atoms with Crippen molar-refractivity contribution < 1.29 is 14.3 Å². The van der Waals surface area contributed by atoms with E-state index in [1.165, 1.54) is 0 Å². The second kappa shape index (κ2) is 4.26. The molecule has 0 aromatic rings. The smallest absolute Gasteiger partial charge is 0.177 e. The third kappa shape index (κ3) is 2.44. The first-order valence-electron chi connectivity index (χ1n) is 3.76. The maximum absolute atomic E-state index is 10.3. The fourth-order valence-corrected chi connectivity index (χ4v) is 0.944. The molecule has 62 valence electrons. The third-order valence-corrected chi connectivity index (χ3v) is 1.45. The molecule has 2 atom stereocenters. The Balaban J connectivity index is 2.38. The minimum atomic E-state index is -0.330. The van der Waals surface area contributed by atoms with Crippen molar-refractivity contribution in [3.8, 4) is 0 Å². The fourth-order valence-electron chi connectivity index (χ4n) is 0.944. The molecule has 1 aliphatic heterocycles. The van der Waals surface area contributed by atoms with Gasteiger partial charge in [-0.15, -0.1) is 0 Å². The summed E-state index contributed by atoms with van der Waals surface area (Å²) in [6.45, 7) is 2.49. The Morgan fingerprint density at radius 2 is 2.64 bits per heavy atom. The van der Waals surface area contributed by atoms with E-state index in [-0.39, 0.29) is 12.4 Å². The molecule has 0 saturated heterocycles. The number of carbonyl (C=O) groups is 1. The topological polar surface area (TPSA) is 35.5 Å². The largest absolute Gasteiger partial charge is 0.349 e. The number of hydrogen-bond acceptors (Lipinski definition) is 3.